The maximum absolute atomic E-state index is 13.4. The number of imidazole rings is 1. The molecule has 2 unspecified atom stereocenters. The number of nitrogens with zero attached hydrogens (tertiary/aromatic N) is 6. The van der Waals surface area contributed by atoms with Gasteiger partial charge in [-0.1, -0.05) is 28.1 Å². The molecule has 2 aliphatic rings. The van der Waals surface area contributed by atoms with Crippen molar-refractivity contribution in [2.24, 2.45) is 10.9 Å². The van der Waals surface area contributed by atoms with E-state index in [9.17, 15) is 29.1 Å². The summed E-state index contributed by atoms with van der Waals surface area (Å²) >= 11 is 8.24. The van der Waals surface area contributed by atoms with Gasteiger partial charge in [-0.2, -0.15) is 0 Å². The van der Waals surface area contributed by atoms with Crippen LogP contribution < -0.4 is 26.7 Å². The van der Waals surface area contributed by atoms with Crippen molar-refractivity contribution in [2.75, 3.05) is 25.1 Å². The number of aliphatic carboxylic acids is 2. The van der Waals surface area contributed by atoms with Gasteiger partial charge in [0.05, 0.1) is 6.20 Å². The summed E-state index contributed by atoms with van der Waals surface area (Å²) in [7, 11) is 1.82. The lowest BCUT2D eigenvalue weighted by molar-refractivity contribution is -0.664. The minimum absolute atomic E-state index is 0.000692. The van der Waals surface area contributed by atoms with Gasteiger partial charge in [0.15, 0.2) is 10.8 Å². The van der Waals surface area contributed by atoms with Crippen molar-refractivity contribution in [1.82, 2.24) is 30.1 Å². The number of pyridine rings is 1. The second-order valence-corrected chi connectivity index (χ2v) is 13.3. The molecule has 3 amide bonds. The molecular weight excluding hydrogens is 692 g/mol. The summed E-state index contributed by atoms with van der Waals surface area (Å²) in [5, 5.41) is 27.8. The molecular formula is C27H30ClN10O8S2+. The number of hydrogen-bond acceptors (Lipinski definition) is 13. The molecule has 3 aromatic rings. The van der Waals surface area contributed by atoms with Crippen molar-refractivity contribution < 1.29 is 43.6 Å². The molecule has 0 saturated carbocycles. The number of carboxylic acids is 2. The van der Waals surface area contributed by atoms with Gasteiger partial charge >= 0.3 is 29.3 Å². The van der Waals surface area contributed by atoms with Crippen molar-refractivity contribution in [3.05, 3.63) is 45.5 Å². The molecule has 3 atom stereocenters. The van der Waals surface area contributed by atoms with Gasteiger partial charge in [-0.15, -0.1) is 11.8 Å². The lowest BCUT2D eigenvalue weighted by Crippen LogP contribution is -2.71. The summed E-state index contributed by atoms with van der Waals surface area (Å²) in [5.74, 6) is -4.84. The maximum atomic E-state index is 13.4. The van der Waals surface area contributed by atoms with Gasteiger partial charge in [0.1, 0.15) is 39.2 Å². The number of thioether (sulfide) groups is 1. The van der Waals surface area contributed by atoms with E-state index in [1.807, 2.05) is 7.05 Å². The van der Waals surface area contributed by atoms with Crippen LogP contribution in [0.5, 0.6) is 0 Å². The molecule has 0 spiro atoms. The fraction of sp³-hybridized carbons (Fsp3) is 0.370. The van der Waals surface area contributed by atoms with Gasteiger partial charge in [-0.25, -0.2) is 19.1 Å². The smallest absolute Gasteiger partial charge is 0.352 e. The van der Waals surface area contributed by atoms with E-state index >= 15 is 0 Å². The minimum Gasteiger partial charge on any atom is -0.478 e. The summed E-state index contributed by atoms with van der Waals surface area (Å²) in [4.78, 5) is 77.2. The van der Waals surface area contributed by atoms with Crippen LogP contribution in [-0.4, -0.2) is 102 Å². The van der Waals surface area contributed by atoms with Crippen molar-refractivity contribution >= 4 is 86.4 Å². The molecule has 0 aromatic carbocycles. The standard InChI is InChI=1S/C27H29ClN10O8S2/c1-11(25(42)43)46-35-15(14-18(28)48-27(30)33-14)22(40)32-16-23(41)38-17(26(44)45)12(10-47-24(16)38)9-36-7-3-5-13-20(36)34-21(19(29)39)37(13)8-4-6-31-2/h3,5,7,11,16,24,31H,4,6,8-10H2,1-2H3,(H6-,29,30,32,33,39,40,42,43,44,45)/p+1/t11-,16?,24?/m0/s1. The van der Waals surface area contributed by atoms with Crippen LogP contribution in [0.15, 0.2) is 34.8 Å². The molecule has 0 radical (unpaired) electrons. The SMILES string of the molecule is CNCCCn1c(C(N)=O)nc2c1ccc[n+]2CC1=C(C(=O)O)N2C(=O)C(NC(=O)C(=NO[C@@H](C)C(=O)O)c3nc(N)sc3Cl)C2SC1. The van der Waals surface area contributed by atoms with E-state index in [4.69, 9.17) is 33.0 Å². The lowest BCUT2D eigenvalue weighted by Gasteiger charge is -2.49. The van der Waals surface area contributed by atoms with Crippen molar-refractivity contribution in [3.63, 3.8) is 0 Å². The quantitative estimate of drug-likeness (QED) is 0.0398. The third kappa shape index (κ3) is 6.64. The van der Waals surface area contributed by atoms with Crippen LogP contribution in [0.1, 0.15) is 29.7 Å². The lowest BCUT2D eigenvalue weighted by atomic mass is 10.0. The third-order valence-electron chi connectivity index (χ3n) is 7.40. The number of carboxylic acid groups (broad SMARTS) is 2. The highest BCUT2D eigenvalue weighted by Crippen LogP contribution is 2.40. The number of amides is 3. The zero-order chi connectivity index (χ0) is 34.9. The molecule has 1 saturated heterocycles. The predicted octanol–water partition coefficient (Wildman–Crippen LogP) is -0.643. The fourth-order valence-corrected chi connectivity index (χ4v) is 7.41. The zero-order valence-corrected chi connectivity index (χ0v) is 27.8. The van der Waals surface area contributed by atoms with E-state index in [0.29, 0.717) is 36.2 Å². The molecule has 48 heavy (non-hydrogen) atoms. The normalized spacial score (nSPS) is 18.4. The molecule has 3 aromatic heterocycles. The Labute approximate surface area is 284 Å². The zero-order valence-electron chi connectivity index (χ0n) is 25.4. The Balaban J connectivity index is 1.41. The number of oxime groups is 1. The molecule has 5 rings (SSSR count). The number of aryl methyl sites for hydroxylation is 1. The molecule has 21 heteroatoms. The Morgan fingerprint density at radius 2 is 2.04 bits per heavy atom. The Morgan fingerprint density at radius 1 is 1.29 bits per heavy atom. The van der Waals surface area contributed by atoms with Crippen LogP contribution >= 0.6 is 34.7 Å². The number of aromatic nitrogens is 4. The molecule has 5 heterocycles. The highest BCUT2D eigenvalue weighted by molar-refractivity contribution is 8.00. The number of carbonyl (C=O) groups excluding carboxylic acids is 3. The second kappa shape index (κ2) is 14.1. The van der Waals surface area contributed by atoms with E-state index in [1.54, 1.807) is 27.5 Å². The number of primary amides is 1. The van der Waals surface area contributed by atoms with Gasteiger partial charge in [0, 0.05) is 17.9 Å². The first-order valence-corrected chi connectivity index (χ1v) is 16.5. The predicted molar refractivity (Wildman–Crippen MR) is 173 cm³/mol. The first kappa shape index (κ1) is 34.5. The number of fused-ring (bicyclic) bond motifs is 2. The highest BCUT2D eigenvalue weighted by Gasteiger charge is 2.54. The van der Waals surface area contributed by atoms with E-state index in [2.05, 4.69) is 25.8 Å². The molecule has 0 bridgehead atoms. The van der Waals surface area contributed by atoms with Crippen LogP contribution in [-0.2, 0) is 37.1 Å². The van der Waals surface area contributed by atoms with Crippen LogP contribution in [0, 0.1) is 0 Å². The summed E-state index contributed by atoms with van der Waals surface area (Å²) in [5.41, 5.74) is 11.8. The number of rotatable bonds is 14. The largest absolute Gasteiger partial charge is 0.478 e. The molecule has 8 N–H and O–H groups in total. The van der Waals surface area contributed by atoms with Gasteiger partial charge in [-0.3, -0.25) is 23.9 Å². The highest BCUT2D eigenvalue weighted by atomic mass is 35.5. The first-order chi connectivity index (χ1) is 22.8. The van der Waals surface area contributed by atoms with E-state index in [0.717, 1.165) is 16.2 Å². The van der Waals surface area contributed by atoms with Crippen LogP contribution in [0.4, 0.5) is 5.13 Å². The molecule has 254 valence electrons. The number of hydrogen-bond donors (Lipinski definition) is 6. The van der Waals surface area contributed by atoms with Crippen LogP contribution in [0.25, 0.3) is 11.2 Å². The number of anilines is 1. The summed E-state index contributed by atoms with van der Waals surface area (Å²) < 4.78 is 3.37. The fourth-order valence-electron chi connectivity index (χ4n) is 5.15. The van der Waals surface area contributed by atoms with Crippen molar-refractivity contribution in [1.29, 1.82) is 0 Å². The number of nitrogen functional groups attached to an aromatic ring is 1. The molecule has 0 aliphatic carbocycles. The summed E-state index contributed by atoms with van der Waals surface area (Å²) in [6, 6.07) is 2.36. The topological polar surface area (TPSA) is 261 Å². The Kier molecular flexibility index (Phi) is 10.2. The van der Waals surface area contributed by atoms with Crippen LogP contribution in [0.3, 0.4) is 0 Å². The summed E-state index contributed by atoms with van der Waals surface area (Å²) in [6.45, 7) is 2.38. The van der Waals surface area contributed by atoms with Gasteiger partial charge in [-0.05, 0) is 44.1 Å². The van der Waals surface area contributed by atoms with E-state index in [1.165, 1.54) is 18.7 Å². The van der Waals surface area contributed by atoms with E-state index < -0.39 is 52.9 Å². The van der Waals surface area contributed by atoms with Crippen molar-refractivity contribution in [3.8, 4) is 0 Å². The Bertz CT molecular complexity index is 1890. The van der Waals surface area contributed by atoms with E-state index in [-0.39, 0.29) is 39.0 Å². The number of carbonyl (C=O) groups is 5. The second-order valence-electron chi connectivity index (χ2n) is 10.6. The number of thiazole rings is 1. The number of β-lactam (4-membered cyclic amide) rings is 1. The number of nitrogens with one attached hydrogen (secondary N) is 2. The molecule has 2 aliphatic heterocycles. The molecule has 1 fully saturated rings. The van der Waals surface area contributed by atoms with Crippen molar-refractivity contribution in [2.45, 2.75) is 44.0 Å². The first-order valence-electron chi connectivity index (χ1n) is 14.3. The maximum Gasteiger partial charge on any atom is 0.352 e. The van der Waals surface area contributed by atoms with Crippen LogP contribution in [0.2, 0.25) is 4.34 Å². The summed E-state index contributed by atoms with van der Waals surface area (Å²) in [6.07, 6.45) is 0.953. The average Bonchev–Trinajstić information content (AvgIpc) is 3.58. The number of halogens is 1. The Hall–Kier alpha value is -4.79. The minimum atomic E-state index is -1.43. The Morgan fingerprint density at radius 3 is 2.67 bits per heavy atom. The van der Waals surface area contributed by atoms with Gasteiger partial charge < -0.3 is 37.2 Å². The number of nitrogens with two attached hydrogens (primary N) is 2. The van der Waals surface area contributed by atoms with Gasteiger partial charge in [0.25, 0.3) is 11.8 Å². The monoisotopic (exact) mass is 721 g/mol. The van der Waals surface area contributed by atoms with Gasteiger partial charge in [0.2, 0.25) is 6.10 Å². The third-order valence-corrected chi connectivity index (χ3v) is 9.82. The average molecular weight is 722 g/mol. The molecule has 18 nitrogen and oxygen atoms in total.